The van der Waals surface area contributed by atoms with Gasteiger partial charge in [0.25, 0.3) is 0 Å². The third-order valence-corrected chi connectivity index (χ3v) is 2.34. The van der Waals surface area contributed by atoms with E-state index < -0.39 is 0 Å². The molecule has 0 unspecified atom stereocenters. The number of hydrogen-bond acceptors (Lipinski definition) is 2. The van der Waals surface area contributed by atoms with Gasteiger partial charge in [-0.2, -0.15) is 11.8 Å². The van der Waals surface area contributed by atoms with Crippen LogP contribution < -0.4 is 0 Å². The second kappa shape index (κ2) is 3.23. The zero-order valence-corrected chi connectivity index (χ0v) is 7.73. The summed E-state index contributed by atoms with van der Waals surface area (Å²) in [5.41, 5.74) is 0.988. The van der Waals surface area contributed by atoms with Gasteiger partial charge >= 0.3 is 0 Å². The molecule has 0 aliphatic carbocycles. The monoisotopic (exact) mass is 178 g/mol. The van der Waals surface area contributed by atoms with Crippen molar-refractivity contribution in [3.8, 4) is 0 Å². The summed E-state index contributed by atoms with van der Waals surface area (Å²) in [4.78, 5) is 0. The molecular weight excluding hydrogens is 168 g/mol. The molecule has 0 radical (unpaired) electrons. The van der Waals surface area contributed by atoms with E-state index in [1.807, 2.05) is 18.2 Å². The summed E-state index contributed by atoms with van der Waals surface area (Å²) in [5, 5.41) is 1.20. The van der Waals surface area contributed by atoms with Crippen molar-refractivity contribution in [2.24, 2.45) is 0 Å². The zero-order valence-electron chi connectivity index (χ0n) is 6.91. The minimum absolute atomic E-state index is 0.953. The van der Waals surface area contributed by atoms with Gasteiger partial charge in [0.1, 0.15) is 11.3 Å². The molecule has 2 heteroatoms. The molecule has 0 bridgehead atoms. The van der Waals surface area contributed by atoms with E-state index >= 15 is 0 Å². The first kappa shape index (κ1) is 7.74. The van der Waals surface area contributed by atoms with Gasteiger partial charge in [-0.3, -0.25) is 0 Å². The quantitative estimate of drug-likeness (QED) is 0.700. The van der Waals surface area contributed by atoms with Gasteiger partial charge in [-0.15, -0.1) is 0 Å². The summed E-state index contributed by atoms with van der Waals surface area (Å²) < 4.78 is 5.59. The lowest BCUT2D eigenvalue weighted by Gasteiger charge is -1.87. The molecule has 1 nitrogen and oxygen atoms in total. The van der Waals surface area contributed by atoms with Crippen LogP contribution in [-0.2, 0) is 5.75 Å². The first-order chi connectivity index (χ1) is 5.90. The molecule has 0 N–H and O–H groups in total. The Morgan fingerprint density at radius 2 is 2.17 bits per heavy atom. The fraction of sp³-hybridized carbons (Fsp3) is 0.200. The maximum atomic E-state index is 5.59. The zero-order chi connectivity index (χ0) is 8.39. The van der Waals surface area contributed by atoms with Crippen LogP contribution in [0.3, 0.4) is 0 Å². The van der Waals surface area contributed by atoms with Gasteiger partial charge in [0.15, 0.2) is 0 Å². The van der Waals surface area contributed by atoms with Crippen LogP contribution in [0.25, 0.3) is 11.0 Å². The van der Waals surface area contributed by atoms with E-state index in [1.54, 1.807) is 11.8 Å². The molecule has 1 aromatic carbocycles. The summed E-state index contributed by atoms with van der Waals surface area (Å²) in [6.07, 6.45) is 2.08. The van der Waals surface area contributed by atoms with Crippen molar-refractivity contribution in [1.29, 1.82) is 0 Å². The van der Waals surface area contributed by atoms with Gasteiger partial charge in [0.05, 0.1) is 5.75 Å². The van der Waals surface area contributed by atoms with Gasteiger partial charge < -0.3 is 4.42 Å². The maximum absolute atomic E-state index is 5.59. The Morgan fingerprint density at radius 1 is 1.33 bits per heavy atom. The van der Waals surface area contributed by atoms with Gasteiger partial charge in [-0.25, -0.2) is 0 Å². The number of fused-ring (bicyclic) bond motifs is 1. The van der Waals surface area contributed by atoms with Crippen LogP contribution in [0.1, 0.15) is 5.76 Å². The third kappa shape index (κ3) is 1.34. The Balaban J connectivity index is 2.47. The molecule has 0 fully saturated rings. The van der Waals surface area contributed by atoms with Crippen molar-refractivity contribution in [1.82, 2.24) is 0 Å². The van der Waals surface area contributed by atoms with Crippen LogP contribution in [0.15, 0.2) is 34.7 Å². The lowest BCUT2D eigenvalue weighted by atomic mass is 10.2. The first-order valence-corrected chi connectivity index (χ1v) is 5.26. The average Bonchev–Trinajstić information content (AvgIpc) is 2.47. The molecule has 0 aliphatic rings. The lowest BCUT2D eigenvalue weighted by molar-refractivity contribution is 0.574. The van der Waals surface area contributed by atoms with Crippen LogP contribution >= 0.6 is 11.8 Å². The second-order valence-electron chi connectivity index (χ2n) is 2.68. The molecule has 0 aliphatic heterocycles. The largest absolute Gasteiger partial charge is 0.460 e. The SMILES string of the molecule is CSCc1cc2ccccc2o1. The highest BCUT2D eigenvalue weighted by atomic mass is 32.2. The van der Waals surface area contributed by atoms with E-state index in [4.69, 9.17) is 4.42 Å². The van der Waals surface area contributed by atoms with Crippen LogP contribution in [0.2, 0.25) is 0 Å². The Morgan fingerprint density at radius 3 is 2.92 bits per heavy atom. The third-order valence-electron chi connectivity index (χ3n) is 1.76. The highest BCUT2D eigenvalue weighted by Gasteiger charge is 2.00. The van der Waals surface area contributed by atoms with Crippen LogP contribution in [-0.4, -0.2) is 6.26 Å². The van der Waals surface area contributed by atoms with Crippen molar-refractivity contribution < 1.29 is 4.42 Å². The van der Waals surface area contributed by atoms with E-state index in [0.29, 0.717) is 0 Å². The highest BCUT2D eigenvalue weighted by molar-refractivity contribution is 7.97. The van der Waals surface area contributed by atoms with Crippen LogP contribution in [0.4, 0.5) is 0 Å². The standard InChI is InChI=1S/C10H10OS/c1-12-7-9-6-8-4-2-3-5-10(8)11-9/h2-6H,7H2,1H3. The summed E-state index contributed by atoms with van der Waals surface area (Å²) in [6.45, 7) is 0. The molecule has 0 saturated carbocycles. The first-order valence-electron chi connectivity index (χ1n) is 3.86. The predicted molar refractivity (Wildman–Crippen MR) is 53.4 cm³/mol. The highest BCUT2D eigenvalue weighted by Crippen LogP contribution is 2.21. The summed E-state index contributed by atoms with van der Waals surface area (Å²) in [5.74, 6) is 2.01. The Labute approximate surface area is 75.8 Å². The normalized spacial score (nSPS) is 10.8. The maximum Gasteiger partial charge on any atom is 0.134 e. The minimum atomic E-state index is 0.953. The summed E-state index contributed by atoms with van der Waals surface area (Å²) in [7, 11) is 0. The van der Waals surface area contributed by atoms with Gasteiger partial charge in [-0.05, 0) is 18.4 Å². The van der Waals surface area contributed by atoms with Crippen molar-refractivity contribution >= 4 is 22.7 Å². The van der Waals surface area contributed by atoms with Gasteiger partial charge in [0.2, 0.25) is 0 Å². The number of furan rings is 1. The van der Waals surface area contributed by atoms with Crippen molar-refractivity contribution in [2.45, 2.75) is 5.75 Å². The van der Waals surface area contributed by atoms with E-state index in [9.17, 15) is 0 Å². The molecule has 0 spiro atoms. The molecule has 1 aromatic heterocycles. The van der Waals surface area contributed by atoms with Crippen molar-refractivity contribution in [3.63, 3.8) is 0 Å². The molecule has 12 heavy (non-hydrogen) atoms. The molecule has 1 heterocycles. The topological polar surface area (TPSA) is 13.1 Å². The van der Waals surface area contributed by atoms with E-state index in [2.05, 4.69) is 18.4 Å². The van der Waals surface area contributed by atoms with Gasteiger partial charge in [0, 0.05) is 5.39 Å². The molecule has 0 saturated heterocycles. The number of para-hydroxylation sites is 1. The molecule has 0 amide bonds. The Bertz CT molecular complexity index is 345. The van der Waals surface area contributed by atoms with Crippen LogP contribution in [0.5, 0.6) is 0 Å². The number of hydrogen-bond donors (Lipinski definition) is 0. The molecule has 0 atom stereocenters. The van der Waals surface area contributed by atoms with Gasteiger partial charge in [-0.1, -0.05) is 18.2 Å². The molecular formula is C10H10OS. The summed E-state index contributed by atoms with van der Waals surface area (Å²) in [6, 6.07) is 10.2. The molecule has 62 valence electrons. The fourth-order valence-electron chi connectivity index (χ4n) is 1.25. The van der Waals surface area contributed by atoms with E-state index in [1.165, 1.54) is 5.39 Å². The van der Waals surface area contributed by atoms with Crippen molar-refractivity contribution in [2.75, 3.05) is 6.26 Å². The van der Waals surface area contributed by atoms with Crippen LogP contribution in [0, 0.1) is 0 Å². The molecule has 2 aromatic rings. The second-order valence-corrected chi connectivity index (χ2v) is 3.55. The fourth-order valence-corrected chi connectivity index (χ4v) is 1.68. The van der Waals surface area contributed by atoms with E-state index in [-0.39, 0.29) is 0 Å². The number of rotatable bonds is 2. The number of benzene rings is 1. The average molecular weight is 178 g/mol. The lowest BCUT2D eigenvalue weighted by Crippen LogP contribution is -1.69. The van der Waals surface area contributed by atoms with Crippen molar-refractivity contribution in [3.05, 3.63) is 36.1 Å². The minimum Gasteiger partial charge on any atom is -0.460 e. The number of thioether (sulfide) groups is 1. The smallest absolute Gasteiger partial charge is 0.134 e. The Hall–Kier alpha value is -0.890. The summed E-state index contributed by atoms with van der Waals surface area (Å²) >= 11 is 1.78. The Kier molecular flexibility index (Phi) is 2.09. The predicted octanol–water partition coefficient (Wildman–Crippen LogP) is 3.30. The molecule has 2 rings (SSSR count). The van der Waals surface area contributed by atoms with E-state index in [0.717, 1.165) is 17.1 Å².